The molecular formula is C18H23N3O4. The van der Waals surface area contributed by atoms with Crippen molar-refractivity contribution in [3.05, 3.63) is 47.7 Å². The number of hydrogen-bond donors (Lipinski definition) is 0. The molecule has 0 atom stereocenters. The summed E-state index contributed by atoms with van der Waals surface area (Å²) in [5.74, 6) is -0.161. The summed E-state index contributed by atoms with van der Waals surface area (Å²) in [4.78, 5) is 13.3. The van der Waals surface area contributed by atoms with E-state index in [1.54, 1.807) is 17.1 Å². The van der Waals surface area contributed by atoms with Crippen LogP contribution < -0.4 is 4.74 Å². The van der Waals surface area contributed by atoms with Gasteiger partial charge in [0.05, 0.1) is 31.8 Å². The standard InChI is InChI=1S/C18H23N3O4/c1-5-6-7-14-11-19-21(20-14)15-9-8-13(2)16(10-15)25-17(12-23-3)18(22)24-4/h8-12H,5-7H2,1-4H3/b17-12-. The SMILES string of the molecule is CCCCc1cnn(-c2ccc(C)c(O/C(=C\OC)C(=O)OC)c2)n1. The molecule has 0 radical (unpaired) electrons. The number of aryl methyl sites for hydroxylation is 2. The fourth-order valence-electron chi connectivity index (χ4n) is 2.15. The second-order valence-corrected chi connectivity index (χ2v) is 5.49. The number of methoxy groups -OCH3 is 2. The van der Waals surface area contributed by atoms with Crippen molar-refractivity contribution in [2.75, 3.05) is 14.2 Å². The minimum absolute atomic E-state index is 0.0395. The second kappa shape index (κ2) is 8.86. The molecule has 1 aromatic heterocycles. The maximum Gasteiger partial charge on any atom is 0.377 e. The summed E-state index contributed by atoms with van der Waals surface area (Å²) in [7, 11) is 2.71. The number of unbranched alkanes of at least 4 members (excludes halogenated alkanes) is 1. The topological polar surface area (TPSA) is 75.5 Å². The quantitative estimate of drug-likeness (QED) is 0.416. The Kier molecular flexibility index (Phi) is 6.56. The summed E-state index contributed by atoms with van der Waals surface area (Å²) >= 11 is 0. The summed E-state index contributed by atoms with van der Waals surface area (Å²) in [5, 5.41) is 8.77. The number of aromatic nitrogens is 3. The molecule has 0 saturated heterocycles. The molecule has 0 aliphatic heterocycles. The molecule has 0 aliphatic carbocycles. The maximum atomic E-state index is 11.8. The molecule has 0 bridgehead atoms. The lowest BCUT2D eigenvalue weighted by molar-refractivity contribution is -0.138. The van der Waals surface area contributed by atoms with Crippen molar-refractivity contribution in [2.24, 2.45) is 0 Å². The molecule has 7 nitrogen and oxygen atoms in total. The van der Waals surface area contributed by atoms with Gasteiger partial charge in [-0.3, -0.25) is 0 Å². The third-order valence-corrected chi connectivity index (χ3v) is 3.56. The summed E-state index contributed by atoms with van der Waals surface area (Å²) < 4.78 is 15.2. The molecule has 2 aromatic rings. The van der Waals surface area contributed by atoms with E-state index in [9.17, 15) is 4.79 Å². The zero-order valence-corrected chi connectivity index (χ0v) is 15.0. The molecule has 0 saturated carbocycles. The smallest absolute Gasteiger partial charge is 0.377 e. The number of rotatable bonds is 8. The van der Waals surface area contributed by atoms with Crippen molar-refractivity contribution in [2.45, 2.75) is 33.1 Å². The Morgan fingerprint density at radius 1 is 1.32 bits per heavy atom. The molecule has 7 heteroatoms. The molecule has 1 heterocycles. The van der Waals surface area contributed by atoms with Gasteiger partial charge in [0.15, 0.2) is 0 Å². The Labute approximate surface area is 147 Å². The fraction of sp³-hybridized carbons (Fsp3) is 0.389. The largest absolute Gasteiger partial charge is 0.500 e. The lowest BCUT2D eigenvalue weighted by Gasteiger charge is -2.11. The molecule has 25 heavy (non-hydrogen) atoms. The Morgan fingerprint density at radius 3 is 2.80 bits per heavy atom. The van der Waals surface area contributed by atoms with Gasteiger partial charge in [-0.2, -0.15) is 15.0 Å². The van der Waals surface area contributed by atoms with Crippen LogP contribution in [0.1, 0.15) is 31.0 Å². The molecule has 1 aromatic carbocycles. The summed E-state index contributed by atoms with van der Waals surface area (Å²) in [6.07, 6.45) is 6.05. The highest BCUT2D eigenvalue weighted by Crippen LogP contribution is 2.24. The van der Waals surface area contributed by atoms with Crippen LogP contribution in [0.2, 0.25) is 0 Å². The van der Waals surface area contributed by atoms with E-state index in [0.29, 0.717) is 5.75 Å². The van der Waals surface area contributed by atoms with Crippen molar-refractivity contribution < 1.29 is 19.0 Å². The van der Waals surface area contributed by atoms with E-state index in [0.717, 1.165) is 36.2 Å². The number of hydrogen-bond acceptors (Lipinski definition) is 6. The van der Waals surface area contributed by atoms with Crippen molar-refractivity contribution in [1.82, 2.24) is 15.0 Å². The maximum absolute atomic E-state index is 11.8. The molecule has 134 valence electrons. The van der Waals surface area contributed by atoms with E-state index >= 15 is 0 Å². The molecule has 0 aliphatic rings. The van der Waals surface area contributed by atoms with E-state index in [-0.39, 0.29) is 5.76 Å². The summed E-state index contributed by atoms with van der Waals surface area (Å²) in [6, 6.07) is 5.54. The summed E-state index contributed by atoms with van der Waals surface area (Å²) in [6.45, 7) is 4.02. The van der Waals surface area contributed by atoms with Gasteiger partial charge in [-0.25, -0.2) is 4.79 Å². The van der Waals surface area contributed by atoms with Crippen LogP contribution in [0.15, 0.2) is 36.4 Å². The highest BCUT2D eigenvalue weighted by atomic mass is 16.6. The molecule has 0 unspecified atom stereocenters. The Bertz CT molecular complexity index is 753. The van der Waals surface area contributed by atoms with Gasteiger partial charge in [0.1, 0.15) is 12.0 Å². The lowest BCUT2D eigenvalue weighted by Crippen LogP contribution is -2.12. The first-order valence-corrected chi connectivity index (χ1v) is 8.10. The molecule has 0 N–H and O–H groups in total. The van der Waals surface area contributed by atoms with E-state index in [2.05, 4.69) is 17.1 Å². The first-order chi connectivity index (χ1) is 12.1. The van der Waals surface area contributed by atoms with Gasteiger partial charge >= 0.3 is 5.97 Å². The number of carbonyl (C=O) groups is 1. The average molecular weight is 345 g/mol. The zero-order chi connectivity index (χ0) is 18.2. The van der Waals surface area contributed by atoms with Crippen molar-refractivity contribution >= 4 is 5.97 Å². The van der Waals surface area contributed by atoms with Crippen LogP contribution in [0, 0.1) is 6.92 Å². The molecule has 0 amide bonds. The van der Waals surface area contributed by atoms with Gasteiger partial charge in [-0.1, -0.05) is 19.4 Å². The van der Waals surface area contributed by atoms with Gasteiger partial charge in [0.2, 0.25) is 5.76 Å². The molecular weight excluding hydrogens is 322 g/mol. The summed E-state index contributed by atoms with van der Waals surface area (Å²) in [5.41, 5.74) is 2.54. The number of benzene rings is 1. The second-order valence-electron chi connectivity index (χ2n) is 5.49. The minimum atomic E-state index is -0.620. The van der Waals surface area contributed by atoms with Crippen LogP contribution in [0.25, 0.3) is 5.69 Å². The van der Waals surface area contributed by atoms with Gasteiger partial charge in [-0.05, 0) is 31.4 Å². The Balaban J connectivity index is 2.26. The van der Waals surface area contributed by atoms with Crippen LogP contribution in [0.5, 0.6) is 5.75 Å². The lowest BCUT2D eigenvalue weighted by atomic mass is 10.2. The normalized spacial score (nSPS) is 11.3. The highest BCUT2D eigenvalue weighted by molar-refractivity contribution is 5.86. The zero-order valence-electron chi connectivity index (χ0n) is 15.0. The number of ether oxygens (including phenoxy) is 3. The first kappa shape index (κ1) is 18.5. The van der Waals surface area contributed by atoms with Gasteiger partial charge in [0.25, 0.3) is 0 Å². The van der Waals surface area contributed by atoms with Crippen molar-refractivity contribution in [3.63, 3.8) is 0 Å². The van der Waals surface area contributed by atoms with Crippen molar-refractivity contribution in [3.8, 4) is 11.4 Å². The fourth-order valence-corrected chi connectivity index (χ4v) is 2.15. The van der Waals surface area contributed by atoms with Crippen LogP contribution in [-0.2, 0) is 20.7 Å². The molecule has 2 rings (SSSR count). The predicted molar refractivity (Wildman–Crippen MR) is 92.4 cm³/mol. The van der Waals surface area contributed by atoms with Gasteiger partial charge < -0.3 is 14.2 Å². The molecule has 0 fully saturated rings. The first-order valence-electron chi connectivity index (χ1n) is 8.10. The molecule has 0 spiro atoms. The minimum Gasteiger partial charge on any atom is -0.500 e. The monoisotopic (exact) mass is 345 g/mol. The number of esters is 1. The van der Waals surface area contributed by atoms with E-state index < -0.39 is 5.97 Å². The predicted octanol–water partition coefficient (Wildman–Crippen LogP) is 2.96. The Morgan fingerprint density at radius 2 is 2.12 bits per heavy atom. The van der Waals surface area contributed by atoms with Crippen molar-refractivity contribution in [1.29, 1.82) is 0 Å². The number of carbonyl (C=O) groups excluding carboxylic acids is 1. The van der Waals surface area contributed by atoms with Gasteiger partial charge in [0, 0.05) is 6.07 Å². The van der Waals surface area contributed by atoms with E-state index in [1.165, 1.54) is 20.5 Å². The third kappa shape index (κ3) is 4.82. The third-order valence-electron chi connectivity index (χ3n) is 3.56. The Hall–Kier alpha value is -2.83. The van der Waals surface area contributed by atoms with E-state index in [4.69, 9.17) is 14.2 Å². The average Bonchev–Trinajstić information content (AvgIpc) is 3.09. The van der Waals surface area contributed by atoms with Crippen LogP contribution in [0.4, 0.5) is 0 Å². The van der Waals surface area contributed by atoms with E-state index in [1.807, 2.05) is 19.1 Å². The van der Waals surface area contributed by atoms with Crippen LogP contribution >= 0.6 is 0 Å². The van der Waals surface area contributed by atoms with Gasteiger partial charge in [-0.15, -0.1) is 0 Å². The highest BCUT2D eigenvalue weighted by Gasteiger charge is 2.15. The van der Waals surface area contributed by atoms with Crippen LogP contribution in [-0.4, -0.2) is 35.2 Å². The number of nitrogens with zero attached hydrogens (tertiary/aromatic N) is 3. The van der Waals surface area contributed by atoms with Crippen LogP contribution in [0.3, 0.4) is 0 Å².